The number of thioether (sulfide) groups is 1. The van der Waals surface area contributed by atoms with E-state index in [0.717, 1.165) is 11.8 Å². The monoisotopic (exact) mass is 374 g/mol. The minimum Gasteiger partial charge on any atom is -0.455 e. The molecule has 1 aromatic rings. The number of anilines is 1. The van der Waals surface area contributed by atoms with E-state index in [9.17, 15) is 14.4 Å². The highest BCUT2D eigenvalue weighted by Crippen LogP contribution is 2.13. The molecule has 7 nitrogen and oxygen atoms in total. The number of halogens is 1. The topological polar surface area (TPSA) is 93.7 Å². The molecule has 0 unspecified atom stereocenters. The number of esters is 1. The van der Waals surface area contributed by atoms with Gasteiger partial charge >= 0.3 is 5.97 Å². The maximum atomic E-state index is 11.7. The van der Waals surface area contributed by atoms with E-state index in [-0.39, 0.29) is 24.0 Å². The van der Waals surface area contributed by atoms with Gasteiger partial charge in [-0.3, -0.25) is 14.4 Å². The van der Waals surface area contributed by atoms with Crippen LogP contribution < -0.4 is 10.6 Å². The maximum absolute atomic E-state index is 11.7. The Morgan fingerprint density at radius 2 is 1.83 bits per heavy atom. The lowest BCUT2D eigenvalue weighted by molar-refractivity contribution is -0.145. The third-order valence-corrected chi connectivity index (χ3v) is 3.73. The number of benzene rings is 1. The van der Waals surface area contributed by atoms with Crippen molar-refractivity contribution in [2.45, 2.75) is 0 Å². The van der Waals surface area contributed by atoms with E-state index in [1.54, 1.807) is 24.3 Å². The van der Waals surface area contributed by atoms with Gasteiger partial charge in [0.25, 0.3) is 5.91 Å². The van der Waals surface area contributed by atoms with Crippen molar-refractivity contribution < 1.29 is 23.9 Å². The Labute approximate surface area is 149 Å². The lowest BCUT2D eigenvalue weighted by Crippen LogP contribution is -2.31. The Kier molecular flexibility index (Phi) is 9.90. The number of amides is 2. The van der Waals surface area contributed by atoms with Crippen LogP contribution in [0, 0.1) is 0 Å². The fourth-order valence-electron chi connectivity index (χ4n) is 1.49. The summed E-state index contributed by atoms with van der Waals surface area (Å²) in [6, 6.07) is 6.70. The zero-order chi connectivity index (χ0) is 17.8. The molecule has 1 rings (SSSR count). The van der Waals surface area contributed by atoms with Gasteiger partial charge in [-0.15, -0.1) is 11.8 Å². The number of rotatable bonds is 10. The van der Waals surface area contributed by atoms with Gasteiger partial charge < -0.3 is 20.1 Å². The zero-order valence-electron chi connectivity index (χ0n) is 13.2. The summed E-state index contributed by atoms with van der Waals surface area (Å²) in [5.74, 6) is -1.11. The molecule has 0 radical (unpaired) electrons. The smallest absolute Gasteiger partial charge is 0.316 e. The minimum atomic E-state index is -0.554. The molecule has 0 aliphatic rings. The van der Waals surface area contributed by atoms with Gasteiger partial charge in [0, 0.05) is 24.4 Å². The SMILES string of the molecule is COCCNC(=O)COC(=O)CSCC(=O)Nc1ccc(Cl)cc1. The molecule has 0 atom stereocenters. The molecule has 0 spiro atoms. The van der Waals surface area contributed by atoms with Crippen LogP contribution >= 0.6 is 23.4 Å². The summed E-state index contributed by atoms with van der Waals surface area (Å²) in [6.07, 6.45) is 0. The van der Waals surface area contributed by atoms with Gasteiger partial charge in [-0.2, -0.15) is 0 Å². The van der Waals surface area contributed by atoms with Gasteiger partial charge in [-0.05, 0) is 24.3 Å². The molecule has 0 aromatic heterocycles. The molecule has 1 aromatic carbocycles. The van der Waals surface area contributed by atoms with Crippen LogP contribution in [0.5, 0.6) is 0 Å². The third-order valence-electron chi connectivity index (χ3n) is 2.57. The maximum Gasteiger partial charge on any atom is 0.316 e. The van der Waals surface area contributed by atoms with E-state index in [1.165, 1.54) is 7.11 Å². The minimum absolute atomic E-state index is 0.0145. The van der Waals surface area contributed by atoms with E-state index in [0.29, 0.717) is 23.9 Å². The van der Waals surface area contributed by atoms with Gasteiger partial charge in [0.15, 0.2) is 6.61 Å². The summed E-state index contributed by atoms with van der Waals surface area (Å²) in [4.78, 5) is 34.5. The average molecular weight is 375 g/mol. The summed E-state index contributed by atoms with van der Waals surface area (Å²) < 4.78 is 9.56. The lowest BCUT2D eigenvalue weighted by Gasteiger charge is -2.07. The van der Waals surface area contributed by atoms with Crippen LogP contribution in [0.2, 0.25) is 5.02 Å². The van der Waals surface area contributed by atoms with Crippen LogP contribution in [0.15, 0.2) is 24.3 Å². The van der Waals surface area contributed by atoms with E-state index in [1.807, 2.05) is 0 Å². The highest BCUT2D eigenvalue weighted by molar-refractivity contribution is 8.00. The van der Waals surface area contributed by atoms with Crippen LogP contribution in [0.3, 0.4) is 0 Å². The molecule has 0 saturated carbocycles. The van der Waals surface area contributed by atoms with Gasteiger partial charge in [-0.1, -0.05) is 11.6 Å². The number of carbonyl (C=O) groups excluding carboxylic acids is 3. The standard InChI is InChI=1S/C15H19ClN2O5S/c1-22-7-6-17-13(19)8-23-15(21)10-24-9-14(20)18-12-4-2-11(16)3-5-12/h2-5H,6-10H2,1H3,(H,17,19)(H,18,20). The van der Waals surface area contributed by atoms with Crippen molar-refractivity contribution in [1.82, 2.24) is 5.32 Å². The van der Waals surface area contributed by atoms with Crippen molar-refractivity contribution in [3.63, 3.8) is 0 Å². The van der Waals surface area contributed by atoms with Crippen LogP contribution in [0.4, 0.5) is 5.69 Å². The summed E-state index contributed by atoms with van der Waals surface area (Å²) >= 11 is 6.85. The Hall–Kier alpha value is -1.77. The van der Waals surface area contributed by atoms with Crippen molar-refractivity contribution >= 4 is 46.8 Å². The molecule has 0 aliphatic heterocycles. The number of carbonyl (C=O) groups is 3. The molecule has 24 heavy (non-hydrogen) atoms. The summed E-state index contributed by atoms with van der Waals surface area (Å²) in [5, 5.41) is 5.78. The predicted octanol–water partition coefficient (Wildman–Crippen LogP) is 1.32. The van der Waals surface area contributed by atoms with Crippen LogP contribution in [0.1, 0.15) is 0 Å². The first-order valence-corrected chi connectivity index (χ1v) is 8.59. The van der Waals surface area contributed by atoms with Crippen molar-refractivity contribution in [1.29, 1.82) is 0 Å². The highest BCUT2D eigenvalue weighted by atomic mass is 35.5. The summed E-state index contributed by atoms with van der Waals surface area (Å²) in [5.41, 5.74) is 0.625. The molecule has 2 N–H and O–H groups in total. The number of ether oxygens (including phenoxy) is 2. The molecular weight excluding hydrogens is 356 g/mol. The number of hydrogen-bond acceptors (Lipinski definition) is 6. The van der Waals surface area contributed by atoms with E-state index in [4.69, 9.17) is 21.1 Å². The largest absolute Gasteiger partial charge is 0.455 e. The lowest BCUT2D eigenvalue weighted by atomic mass is 10.3. The Balaban J connectivity index is 2.12. The van der Waals surface area contributed by atoms with E-state index in [2.05, 4.69) is 10.6 Å². The molecule has 0 heterocycles. The Morgan fingerprint density at radius 3 is 2.50 bits per heavy atom. The normalized spacial score (nSPS) is 10.1. The first-order valence-electron chi connectivity index (χ1n) is 7.05. The second kappa shape index (κ2) is 11.7. The Morgan fingerprint density at radius 1 is 1.12 bits per heavy atom. The first kappa shape index (κ1) is 20.3. The number of hydrogen-bond donors (Lipinski definition) is 2. The van der Waals surface area contributed by atoms with Crippen LogP contribution in [-0.4, -0.2) is 56.2 Å². The predicted molar refractivity (Wildman–Crippen MR) is 93.3 cm³/mol. The van der Waals surface area contributed by atoms with Gasteiger partial charge in [-0.25, -0.2) is 0 Å². The van der Waals surface area contributed by atoms with E-state index >= 15 is 0 Å². The van der Waals surface area contributed by atoms with Gasteiger partial charge in [0.1, 0.15) is 0 Å². The number of methoxy groups -OCH3 is 1. The molecule has 132 valence electrons. The fourth-order valence-corrected chi connectivity index (χ4v) is 2.22. The van der Waals surface area contributed by atoms with Crippen molar-refractivity contribution in [2.24, 2.45) is 0 Å². The highest BCUT2D eigenvalue weighted by Gasteiger charge is 2.09. The molecule has 2 amide bonds. The van der Waals surface area contributed by atoms with Crippen molar-refractivity contribution in [3.8, 4) is 0 Å². The second-order valence-corrected chi connectivity index (χ2v) is 5.97. The summed E-state index contributed by atoms with van der Waals surface area (Å²) in [7, 11) is 1.52. The van der Waals surface area contributed by atoms with Crippen LogP contribution in [0.25, 0.3) is 0 Å². The van der Waals surface area contributed by atoms with Gasteiger partial charge in [0.2, 0.25) is 5.91 Å². The number of nitrogens with one attached hydrogen (secondary N) is 2. The zero-order valence-corrected chi connectivity index (χ0v) is 14.7. The molecular formula is C15H19ClN2O5S. The average Bonchev–Trinajstić information content (AvgIpc) is 2.55. The molecule has 0 aliphatic carbocycles. The first-order chi connectivity index (χ1) is 11.5. The van der Waals surface area contributed by atoms with E-state index < -0.39 is 11.9 Å². The molecule has 0 bridgehead atoms. The fraction of sp³-hybridized carbons (Fsp3) is 0.400. The van der Waals surface area contributed by atoms with Gasteiger partial charge in [0.05, 0.1) is 18.1 Å². The second-order valence-electron chi connectivity index (χ2n) is 4.55. The summed E-state index contributed by atoms with van der Waals surface area (Å²) in [6.45, 7) is 0.394. The quantitative estimate of drug-likeness (QED) is 0.474. The third kappa shape index (κ3) is 9.39. The van der Waals surface area contributed by atoms with Crippen molar-refractivity contribution in [2.75, 3.05) is 43.7 Å². The Bertz CT molecular complexity index is 553. The molecule has 0 fully saturated rings. The molecule has 9 heteroatoms. The van der Waals surface area contributed by atoms with Crippen LogP contribution in [-0.2, 0) is 23.9 Å². The molecule has 0 saturated heterocycles. The van der Waals surface area contributed by atoms with Crippen molar-refractivity contribution in [3.05, 3.63) is 29.3 Å².